The molecule has 1 fully saturated rings. The first-order valence-corrected chi connectivity index (χ1v) is 12.0. The highest BCUT2D eigenvalue weighted by Gasteiger charge is 2.39. The van der Waals surface area contributed by atoms with Crippen LogP contribution in [0.2, 0.25) is 0 Å². The molecular weight excluding hydrogens is 467 g/mol. The number of aryl methyl sites for hydroxylation is 1. The van der Waals surface area contributed by atoms with E-state index in [1.165, 1.54) is 11.3 Å². The molecule has 0 amide bonds. The summed E-state index contributed by atoms with van der Waals surface area (Å²) < 4.78 is 39.3. The summed E-state index contributed by atoms with van der Waals surface area (Å²) >= 11 is 1.45. The van der Waals surface area contributed by atoms with Crippen LogP contribution in [-0.2, 0) is 0 Å². The van der Waals surface area contributed by atoms with Gasteiger partial charge < -0.3 is 20.8 Å². The first kappa shape index (κ1) is 24.6. The van der Waals surface area contributed by atoms with E-state index in [9.17, 15) is 23.4 Å². The molecule has 2 heterocycles. The maximum absolute atomic E-state index is 12.8. The average molecular weight is 496 g/mol. The number of thiazole rings is 1. The van der Waals surface area contributed by atoms with Gasteiger partial charge in [0, 0.05) is 12.0 Å². The van der Waals surface area contributed by atoms with Crippen LogP contribution in [0.1, 0.15) is 32.4 Å². The van der Waals surface area contributed by atoms with Gasteiger partial charge in [0.2, 0.25) is 5.95 Å². The van der Waals surface area contributed by atoms with Crippen molar-refractivity contribution in [2.45, 2.75) is 58.0 Å². The van der Waals surface area contributed by atoms with Crippen molar-refractivity contribution in [3.63, 3.8) is 0 Å². The molecule has 2 aromatic heterocycles. The summed E-state index contributed by atoms with van der Waals surface area (Å²) in [6, 6.07) is 7.43. The molecule has 1 aliphatic carbocycles. The van der Waals surface area contributed by atoms with Gasteiger partial charge in [-0.1, -0.05) is 26.0 Å². The van der Waals surface area contributed by atoms with E-state index in [1.807, 2.05) is 38.1 Å². The maximum atomic E-state index is 12.8. The number of halogens is 3. The Hall–Kier alpha value is -2.50. The molecule has 0 bridgehead atoms. The van der Waals surface area contributed by atoms with Crippen LogP contribution in [0.3, 0.4) is 0 Å². The predicted molar refractivity (Wildman–Crippen MR) is 127 cm³/mol. The van der Waals surface area contributed by atoms with Crippen molar-refractivity contribution in [3.8, 4) is 10.6 Å². The van der Waals surface area contributed by atoms with Gasteiger partial charge in [-0.3, -0.25) is 0 Å². The normalized spacial score (nSPS) is 21.9. The van der Waals surface area contributed by atoms with E-state index < -0.39 is 24.9 Å². The summed E-state index contributed by atoms with van der Waals surface area (Å²) in [6.07, 6.45) is -4.85. The molecule has 4 rings (SSSR count). The zero-order valence-corrected chi connectivity index (χ0v) is 19.9. The molecule has 0 saturated heterocycles. The fourth-order valence-corrected chi connectivity index (χ4v) is 5.46. The Labute approximate surface area is 199 Å². The molecule has 1 aromatic carbocycles. The van der Waals surface area contributed by atoms with Crippen molar-refractivity contribution < 1.29 is 23.4 Å². The molecule has 4 atom stereocenters. The van der Waals surface area contributed by atoms with Gasteiger partial charge in [0.25, 0.3) is 0 Å². The van der Waals surface area contributed by atoms with Gasteiger partial charge in [-0.25, -0.2) is 9.97 Å². The second-order valence-electron chi connectivity index (χ2n) is 9.09. The van der Waals surface area contributed by atoms with Crippen LogP contribution >= 0.6 is 11.3 Å². The van der Waals surface area contributed by atoms with E-state index in [4.69, 9.17) is 0 Å². The third-order valence-corrected chi connectivity index (χ3v) is 7.14. The standard InChI is InChI=1S/C23H28F3N5O2S/c1-11(2)19(33)14-8-13(9-16(14)32)29-20-18(21-30-15-6-4-5-7-17(15)34-21)12(3)28-22(31-20)27-10-23(24,25)26/h4-7,11,13-14,16,19,32-33H,8-10H2,1-3H3,(H2,27,28,29,31)/t13-,14+,16+,19?/m1/s1. The molecule has 7 nitrogen and oxygen atoms in total. The number of nitrogens with one attached hydrogen (secondary N) is 2. The average Bonchev–Trinajstić information content (AvgIpc) is 3.33. The maximum Gasteiger partial charge on any atom is 0.405 e. The Morgan fingerprint density at radius 2 is 1.88 bits per heavy atom. The van der Waals surface area contributed by atoms with Crippen LogP contribution in [0, 0.1) is 18.8 Å². The number of aliphatic hydroxyl groups is 2. The third-order valence-electron chi connectivity index (χ3n) is 6.08. The summed E-state index contributed by atoms with van der Waals surface area (Å²) in [6.45, 7) is 4.25. The van der Waals surface area contributed by atoms with E-state index in [0.717, 1.165) is 10.2 Å². The zero-order valence-electron chi connectivity index (χ0n) is 19.1. The lowest BCUT2D eigenvalue weighted by Gasteiger charge is -2.24. The highest BCUT2D eigenvalue weighted by Crippen LogP contribution is 2.39. The van der Waals surface area contributed by atoms with Crippen LogP contribution in [0.5, 0.6) is 0 Å². The summed E-state index contributed by atoms with van der Waals surface area (Å²) in [5.41, 5.74) is 1.91. The zero-order chi connectivity index (χ0) is 24.6. The highest BCUT2D eigenvalue weighted by molar-refractivity contribution is 7.21. The van der Waals surface area contributed by atoms with Crippen LogP contribution < -0.4 is 10.6 Å². The third kappa shape index (κ3) is 5.42. The van der Waals surface area contributed by atoms with Gasteiger partial charge in [0.15, 0.2) is 0 Å². The van der Waals surface area contributed by atoms with Crippen molar-refractivity contribution in [2.75, 3.05) is 17.2 Å². The smallest absolute Gasteiger partial charge is 0.393 e. The van der Waals surface area contributed by atoms with Crippen molar-refractivity contribution >= 4 is 33.3 Å². The van der Waals surface area contributed by atoms with Crippen molar-refractivity contribution in [1.29, 1.82) is 0 Å². The molecule has 0 radical (unpaired) electrons. The number of benzene rings is 1. The number of para-hydroxylation sites is 1. The van der Waals surface area contributed by atoms with Gasteiger partial charge in [0.05, 0.1) is 33.7 Å². The molecule has 34 heavy (non-hydrogen) atoms. The molecule has 3 aromatic rings. The Balaban J connectivity index is 1.68. The van der Waals surface area contributed by atoms with Crippen LogP contribution in [0.15, 0.2) is 24.3 Å². The number of hydrogen-bond acceptors (Lipinski definition) is 8. The van der Waals surface area contributed by atoms with Crippen molar-refractivity contribution in [2.24, 2.45) is 11.8 Å². The summed E-state index contributed by atoms with van der Waals surface area (Å²) in [7, 11) is 0. The Morgan fingerprint density at radius 3 is 2.56 bits per heavy atom. The fraction of sp³-hybridized carbons (Fsp3) is 0.522. The number of hydrogen-bond donors (Lipinski definition) is 4. The molecule has 11 heteroatoms. The minimum Gasteiger partial charge on any atom is -0.393 e. The SMILES string of the molecule is Cc1nc(NCC(F)(F)F)nc(N[C@@H]2C[C@H](C(O)C(C)C)[C@@H](O)C2)c1-c1nc2ccccc2s1. The summed E-state index contributed by atoms with van der Waals surface area (Å²) in [5, 5.41) is 27.2. The topological polar surface area (TPSA) is 103 Å². The molecule has 1 aliphatic rings. The number of alkyl halides is 3. The van der Waals surface area contributed by atoms with Crippen LogP contribution in [0.4, 0.5) is 24.9 Å². The largest absolute Gasteiger partial charge is 0.405 e. The van der Waals surface area contributed by atoms with Crippen molar-refractivity contribution in [3.05, 3.63) is 30.0 Å². The van der Waals surface area contributed by atoms with Gasteiger partial charge >= 0.3 is 6.18 Å². The Morgan fingerprint density at radius 1 is 1.15 bits per heavy atom. The number of fused-ring (bicyclic) bond motifs is 1. The fourth-order valence-electron chi connectivity index (χ4n) is 4.39. The number of rotatable bonds is 7. The number of anilines is 2. The first-order chi connectivity index (χ1) is 16.0. The number of aromatic nitrogens is 3. The molecular formula is C23H28F3N5O2S. The van der Waals surface area contributed by atoms with E-state index in [-0.39, 0.29) is 23.8 Å². The number of nitrogens with zero attached hydrogens (tertiary/aromatic N) is 3. The predicted octanol–water partition coefficient (Wildman–Crippen LogP) is 4.60. The van der Waals surface area contributed by atoms with E-state index >= 15 is 0 Å². The molecule has 0 spiro atoms. The van der Waals surface area contributed by atoms with E-state index in [0.29, 0.717) is 34.9 Å². The lowest BCUT2D eigenvalue weighted by atomic mass is 9.90. The van der Waals surface area contributed by atoms with Gasteiger partial charge in [0.1, 0.15) is 17.4 Å². The molecule has 1 saturated carbocycles. The quantitative estimate of drug-likeness (QED) is 0.380. The Bertz CT molecular complexity index is 1120. The minimum absolute atomic E-state index is 0.00354. The summed E-state index contributed by atoms with van der Waals surface area (Å²) in [4.78, 5) is 13.3. The second kappa shape index (κ2) is 9.63. The molecule has 184 valence electrons. The monoisotopic (exact) mass is 495 g/mol. The van der Waals surface area contributed by atoms with Crippen LogP contribution in [-0.4, -0.2) is 56.1 Å². The van der Waals surface area contributed by atoms with E-state index in [2.05, 4.69) is 25.6 Å². The molecule has 4 N–H and O–H groups in total. The minimum atomic E-state index is -4.41. The van der Waals surface area contributed by atoms with Crippen molar-refractivity contribution in [1.82, 2.24) is 15.0 Å². The van der Waals surface area contributed by atoms with Gasteiger partial charge in [-0.05, 0) is 37.8 Å². The van der Waals surface area contributed by atoms with Gasteiger partial charge in [-0.2, -0.15) is 18.2 Å². The lowest BCUT2D eigenvalue weighted by molar-refractivity contribution is -0.115. The van der Waals surface area contributed by atoms with Crippen LogP contribution in [0.25, 0.3) is 20.8 Å². The first-order valence-electron chi connectivity index (χ1n) is 11.2. The summed E-state index contributed by atoms with van der Waals surface area (Å²) in [5.74, 6) is -0.0852. The molecule has 1 unspecified atom stereocenters. The lowest BCUT2D eigenvalue weighted by Crippen LogP contribution is -2.31. The van der Waals surface area contributed by atoms with E-state index in [1.54, 1.807) is 6.92 Å². The Kier molecular flexibility index (Phi) is 6.97. The molecule has 0 aliphatic heterocycles. The second-order valence-corrected chi connectivity index (χ2v) is 10.1. The number of aliphatic hydroxyl groups excluding tert-OH is 2. The highest BCUT2D eigenvalue weighted by atomic mass is 32.1. The van der Waals surface area contributed by atoms with Gasteiger partial charge in [-0.15, -0.1) is 11.3 Å².